The van der Waals surface area contributed by atoms with Gasteiger partial charge in [-0.2, -0.15) is 4.68 Å². The fourth-order valence-corrected chi connectivity index (χ4v) is 6.62. The van der Waals surface area contributed by atoms with Gasteiger partial charge in [0, 0.05) is 26.4 Å². The highest BCUT2D eigenvalue weighted by Gasteiger charge is 2.41. The van der Waals surface area contributed by atoms with Gasteiger partial charge in [0.05, 0.1) is 16.5 Å². The highest BCUT2D eigenvalue weighted by Crippen LogP contribution is 2.42. The summed E-state index contributed by atoms with van der Waals surface area (Å²) in [5, 5.41) is 7.94. The lowest BCUT2D eigenvalue weighted by Gasteiger charge is -2.43. The molecule has 5 aromatic rings. The van der Waals surface area contributed by atoms with Crippen molar-refractivity contribution in [1.82, 2.24) is 19.5 Å². The lowest BCUT2D eigenvalue weighted by Crippen LogP contribution is -2.52. The van der Waals surface area contributed by atoms with Crippen LogP contribution in [0.4, 0.5) is 4.79 Å². The third-order valence-corrected chi connectivity index (χ3v) is 10.2. The van der Waals surface area contributed by atoms with Gasteiger partial charge < -0.3 is 19.2 Å². The van der Waals surface area contributed by atoms with Gasteiger partial charge in [-0.3, -0.25) is 4.79 Å². The molecule has 1 amide bonds. The van der Waals surface area contributed by atoms with Crippen LogP contribution in [0.3, 0.4) is 0 Å². The van der Waals surface area contributed by atoms with Crippen molar-refractivity contribution in [2.75, 3.05) is 6.61 Å². The van der Waals surface area contributed by atoms with Gasteiger partial charge in [0.15, 0.2) is 5.58 Å². The zero-order valence-corrected chi connectivity index (χ0v) is 28.9. The quantitative estimate of drug-likeness (QED) is 0.132. The molecule has 1 aliphatic rings. The molecule has 47 heavy (non-hydrogen) atoms. The fourth-order valence-electron chi connectivity index (χ4n) is 5.86. The van der Waals surface area contributed by atoms with Crippen LogP contribution in [-0.2, 0) is 21.7 Å². The standard InChI is InChI=1S/C36H42N4O6Si/c1-35(2,3)46-33(42)37-36(18-10-19-36)26-15-13-24(14-16-26)28-29(41)27-17-20-39-32(31(27)45-30(28)25-11-8-7-9-12-25)38-40(34(39)43)23-44-21-22-47(4,5)6/h7-9,11-17,20H,10,18-19,21-23H2,1-6H3,(H,37,42). The molecule has 0 unspecified atom stereocenters. The molecule has 1 saturated carbocycles. The van der Waals surface area contributed by atoms with E-state index in [0.29, 0.717) is 34.4 Å². The summed E-state index contributed by atoms with van der Waals surface area (Å²) in [6.07, 6.45) is 3.69. The van der Waals surface area contributed by atoms with Gasteiger partial charge in [0.25, 0.3) is 0 Å². The Balaban J connectivity index is 1.41. The topological polar surface area (TPSA) is 117 Å². The number of nitrogens with one attached hydrogen (secondary N) is 1. The summed E-state index contributed by atoms with van der Waals surface area (Å²) in [5.74, 6) is 0.377. The third-order valence-electron chi connectivity index (χ3n) is 8.53. The summed E-state index contributed by atoms with van der Waals surface area (Å²) >= 11 is 0. The van der Waals surface area contributed by atoms with Crippen molar-refractivity contribution in [1.29, 1.82) is 0 Å². The molecule has 3 aromatic heterocycles. The lowest BCUT2D eigenvalue weighted by molar-refractivity contribution is 0.0377. The maximum atomic E-state index is 14.3. The van der Waals surface area contributed by atoms with E-state index in [0.717, 1.165) is 30.9 Å². The monoisotopic (exact) mass is 654 g/mol. The highest BCUT2D eigenvalue weighted by molar-refractivity contribution is 6.76. The Morgan fingerprint density at radius 1 is 1.00 bits per heavy atom. The van der Waals surface area contributed by atoms with Crippen LogP contribution in [0, 0.1) is 0 Å². The van der Waals surface area contributed by atoms with Crippen LogP contribution in [0.25, 0.3) is 39.1 Å². The summed E-state index contributed by atoms with van der Waals surface area (Å²) in [6, 6.07) is 19.7. The Morgan fingerprint density at radius 2 is 1.70 bits per heavy atom. The molecule has 3 heterocycles. The molecule has 1 aliphatic carbocycles. The van der Waals surface area contributed by atoms with Gasteiger partial charge in [-0.05, 0) is 63.3 Å². The van der Waals surface area contributed by atoms with E-state index in [9.17, 15) is 14.4 Å². The van der Waals surface area contributed by atoms with Crippen molar-refractivity contribution >= 4 is 30.8 Å². The van der Waals surface area contributed by atoms with E-state index in [4.69, 9.17) is 13.9 Å². The summed E-state index contributed by atoms with van der Waals surface area (Å²) in [4.78, 5) is 40.2. The molecule has 6 rings (SSSR count). The smallest absolute Gasteiger partial charge is 0.408 e. The summed E-state index contributed by atoms with van der Waals surface area (Å²) < 4.78 is 20.5. The first kappa shape index (κ1) is 32.5. The van der Waals surface area contributed by atoms with Crippen molar-refractivity contribution in [3.63, 3.8) is 0 Å². The number of amides is 1. The second-order valence-electron chi connectivity index (χ2n) is 14.5. The average molecular weight is 655 g/mol. The number of fused-ring (bicyclic) bond motifs is 3. The molecule has 0 saturated heterocycles. The molecule has 0 atom stereocenters. The van der Waals surface area contributed by atoms with Gasteiger partial charge in [0.2, 0.25) is 11.1 Å². The molecule has 2 aromatic carbocycles. The minimum Gasteiger partial charge on any atom is -0.451 e. The first-order valence-corrected chi connectivity index (χ1v) is 19.8. The third kappa shape index (κ3) is 6.68. The molecule has 0 spiro atoms. The Labute approximate surface area is 274 Å². The van der Waals surface area contributed by atoms with Gasteiger partial charge in [-0.25, -0.2) is 14.0 Å². The second-order valence-corrected chi connectivity index (χ2v) is 20.1. The number of carbonyl (C=O) groups excluding carboxylic acids is 1. The number of nitrogens with zero attached hydrogens (tertiary/aromatic N) is 3. The molecule has 0 bridgehead atoms. The maximum absolute atomic E-state index is 14.3. The van der Waals surface area contributed by atoms with E-state index < -0.39 is 25.3 Å². The molecular weight excluding hydrogens is 613 g/mol. The van der Waals surface area contributed by atoms with Crippen molar-refractivity contribution < 1.29 is 18.7 Å². The molecule has 246 valence electrons. The Morgan fingerprint density at radius 3 is 2.32 bits per heavy atom. The van der Waals surface area contributed by atoms with Crippen LogP contribution in [-0.4, -0.2) is 40.6 Å². The van der Waals surface area contributed by atoms with E-state index in [1.165, 1.54) is 9.08 Å². The van der Waals surface area contributed by atoms with Gasteiger partial charge >= 0.3 is 11.8 Å². The molecule has 10 nitrogen and oxygen atoms in total. The zero-order valence-electron chi connectivity index (χ0n) is 27.9. The van der Waals surface area contributed by atoms with Crippen LogP contribution in [0.1, 0.15) is 45.6 Å². The number of hydrogen-bond donors (Lipinski definition) is 1. The van der Waals surface area contributed by atoms with E-state index in [1.54, 1.807) is 12.3 Å². The maximum Gasteiger partial charge on any atom is 0.408 e. The number of pyridine rings is 1. The van der Waals surface area contributed by atoms with Crippen molar-refractivity contribution in [2.24, 2.45) is 0 Å². The van der Waals surface area contributed by atoms with E-state index >= 15 is 0 Å². The average Bonchev–Trinajstić information content (AvgIpc) is 3.32. The molecule has 1 N–H and O–H groups in total. The Hall–Kier alpha value is -4.48. The largest absolute Gasteiger partial charge is 0.451 e. The number of carbonyl (C=O) groups is 1. The first-order chi connectivity index (χ1) is 22.2. The van der Waals surface area contributed by atoms with Crippen LogP contribution >= 0.6 is 0 Å². The molecule has 1 fully saturated rings. The van der Waals surface area contributed by atoms with Crippen molar-refractivity contribution in [3.8, 4) is 22.5 Å². The van der Waals surface area contributed by atoms with Crippen molar-refractivity contribution in [3.05, 3.63) is 93.1 Å². The predicted molar refractivity (Wildman–Crippen MR) is 185 cm³/mol. The number of rotatable bonds is 9. The first-order valence-electron chi connectivity index (χ1n) is 16.1. The van der Waals surface area contributed by atoms with Crippen LogP contribution in [0.2, 0.25) is 25.7 Å². The van der Waals surface area contributed by atoms with E-state index in [1.807, 2.05) is 75.4 Å². The van der Waals surface area contributed by atoms with E-state index in [2.05, 4.69) is 30.1 Å². The molecular formula is C36H42N4O6Si. The summed E-state index contributed by atoms with van der Waals surface area (Å²) in [7, 11) is -1.29. The van der Waals surface area contributed by atoms with Crippen LogP contribution in [0.15, 0.2) is 80.9 Å². The van der Waals surface area contributed by atoms with E-state index in [-0.39, 0.29) is 29.1 Å². The lowest BCUT2D eigenvalue weighted by atomic mass is 9.71. The Kier molecular flexibility index (Phi) is 8.48. The number of ether oxygens (including phenoxy) is 2. The van der Waals surface area contributed by atoms with Crippen molar-refractivity contribution in [2.45, 2.75) is 83.6 Å². The predicted octanol–water partition coefficient (Wildman–Crippen LogP) is 7.15. The number of benzene rings is 2. The minimum absolute atomic E-state index is 0.0109. The molecule has 0 radical (unpaired) electrons. The zero-order chi connectivity index (χ0) is 33.6. The Bertz CT molecular complexity index is 2050. The summed E-state index contributed by atoms with van der Waals surface area (Å²) in [5.41, 5.74) is 1.48. The number of hydrogen-bond acceptors (Lipinski definition) is 7. The molecule has 11 heteroatoms. The normalized spacial score (nSPS) is 14.7. The van der Waals surface area contributed by atoms with Crippen LogP contribution in [0.5, 0.6) is 0 Å². The number of aromatic nitrogens is 3. The van der Waals surface area contributed by atoms with Gasteiger partial charge in [-0.15, -0.1) is 5.10 Å². The fraction of sp³-hybridized carbons (Fsp3) is 0.389. The summed E-state index contributed by atoms with van der Waals surface area (Å²) in [6.45, 7) is 12.9. The second kappa shape index (κ2) is 12.3. The molecule has 0 aliphatic heterocycles. The van der Waals surface area contributed by atoms with Gasteiger partial charge in [0.1, 0.15) is 18.1 Å². The SMILES string of the molecule is CC(C)(C)OC(=O)NC1(c2ccc(-c3c(-c4ccccc4)oc4c(ccn5c(=O)n(COCC[Si](C)(C)C)nc45)c3=O)cc2)CCC1. The van der Waals surface area contributed by atoms with Crippen LogP contribution < -0.4 is 16.4 Å². The number of alkyl carbamates (subject to hydrolysis) is 1. The van der Waals surface area contributed by atoms with Gasteiger partial charge in [-0.1, -0.05) is 74.2 Å². The highest BCUT2D eigenvalue weighted by atomic mass is 28.3. The minimum atomic E-state index is -1.29.